The largest absolute Gasteiger partial charge is 0.493 e. The number of ether oxygens (including phenoxy) is 2. The van der Waals surface area contributed by atoms with Gasteiger partial charge in [0.15, 0.2) is 11.5 Å². The third kappa shape index (κ3) is 4.80. The topological polar surface area (TPSA) is 47.6 Å². The molecule has 2 aromatic rings. The molecule has 0 bridgehead atoms. The molecule has 0 heterocycles. The SMILES string of the molecule is COc1cc(I)c(C(=O)NCCc2ccccc2C(F)(F)F)cc1OC. The zero-order chi connectivity index (χ0) is 19.3. The average molecular weight is 479 g/mol. The molecule has 0 spiro atoms. The Labute approximate surface area is 162 Å². The Morgan fingerprint density at radius 1 is 1.12 bits per heavy atom. The Kier molecular flexibility index (Phi) is 6.74. The van der Waals surface area contributed by atoms with Crippen molar-refractivity contribution in [3.63, 3.8) is 0 Å². The van der Waals surface area contributed by atoms with Crippen molar-refractivity contribution in [3.8, 4) is 11.5 Å². The fourth-order valence-electron chi connectivity index (χ4n) is 2.45. The van der Waals surface area contributed by atoms with E-state index < -0.39 is 11.7 Å². The molecule has 0 radical (unpaired) electrons. The molecular formula is C18H17F3INO3. The number of alkyl halides is 3. The van der Waals surface area contributed by atoms with E-state index in [-0.39, 0.29) is 24.4 Å². The molecule has 0 saturated heterocycles. The maximum Gasteiger partial charge on any atom is 0.416 e. The Hall–Kier alpha value is -1.97. The van der Waals surface area contributed by atoms with Gasteiger partial charge < -0.3 is 14.8 Å². The summed E-state index contributed by atoms with van der Waals surface area (Å²) in [6, 6.07) is 8.54. The van der Waals surface area contributed by atoms with E-state index in [4.69, 9.17) is 9.47 Å². The van der Waals surface area contributed by atoms with Gasteiger partial charge >= 0.3 is 6.18 Å². The maximum atomic E-state index is 13.0. The van der Waals surface area contributed by atoms with Crippen LogP contribution in [0.2, 0.25) is 0 Å². The summed E-state index contributed by atoms with van der Waals surface area (Å²) in [7, 11) is 2.95. The summed E-state index contributed by atoms with van der Waals surface area (Å²) in [5.41, 5.74) is -0.176. The van der Waals surface area contributed by atoms with Crippen LogP contribution in [0.25, 0.3) is 0 Å². The highest BCUT2D eigenvalue weighted by Gasteiger charge is 2.32. The smallest absolute Gasteiger partial charge is 0.416 e. The van der Waals surface area contributed by atoms with Crippen LogP contribution in [-0.4, -0.2) is 26.7 Å². The fraction of sp³-hybridized carbons (Fsp3) is 0.278. The van der Waals surface area contributed by atoms with Crippen molar-refractivity contribution >= 4 is 28.5 Å². The minimum absolute atomic E-state index is 0.0747. The first-order valence-corrected chi connectivity index (χ1v) is 8.70. The average Bonchev–Trinajstić information content (AvgIpc) is 2.60. The van der Waals surface area contributed by atoms with Gasteiger partial charge in [0.2, 0.25) is 0 Å². The normalized spacial score (nSPS) is 11.2. The van der Waals surface area contributed by atoms with Crippen molar-refractivity contribution in [2.24, 2.45) is 0 Å². The van der Waals surface area contributed by atoms with Crippen LogP contribution >= 0.6 is 22.6 Å². The Morgan fingerprint density at radius 3 is 2.35 bits per heavy atom. The summed E-state index contributed by atoms with van der Waals surface area (Å²) >= 11 is 1.99. The van der Waals surface area contributed by atoms with E-state index in [1.165, 1.54) is 26.4 Å². The minimum Gasteiger partial charge on any atom is -0.493 e. The van der Waals surface area contributed by atoms with Crippen LogP contribution in [0.3, 0.4) is 0 Å². The molecule has 0 atom stereocenters. The first-order valence-electron chi connectivity index (χ1n) is 7.62. The number of nitrogens with one attached hydrogen (secondary N) is 1. The van der Waals surface area contributed by atoms with Gasteiger partial charge in [0.05, 0.1) is 25.3 Å². The van der Waals surface area contributed by atoms with Crippen molar-refractivity contribution in [2.75, 3.05) is 20.8 Å². The van der Waals surface area contributed by atoms with Crippen LogP contribution in [0.15, 0.2) is 36.4 Å². The zero-order valence-electron chi connectivity index (χ0n) is 14.1. The van der Waals surface area contributed by atoms with Crippen molar-refractivity contribution in [2.45, 2.75) is 12.6 Å². The molecule has 2 rings (SSSR count). The molecule has 0 fully saturated rings. The summed E-state index contributed by atoms with van der Waals surface area (Å²) in [4.78, 5) is 12.4. The molecule has 0 aliphatic carbocycles. The van der Waals surface area contributed by atoms with E-state index in [9.17, 15) is 18.0 Å². The highest BCUT2D eigenvalue weighted by molar-refractivity contribution is 14.1. The number of rotatable bonds is 6. The summed E-state index contributed by atoms with van der Waals surface area (Å²) in [6.07, 6.45) is -4.34. The molecule has 2 aromatic carbocycles. The summed E-state index contributed by atoms with van der Waals surface area (Å²) < 4.78 is 50.0. The van der Waals surface area contributed by atoms with Crippen LogP contribution in [0.5, 0.6) is 11.5 Å². The third-order valence-electron chi connectivity index (χ3n) is 3.72. The second kappa shape index (κ2) is 8.61. The lowest BCUT2D eigenvalue weighted by Crippen LogP contribution is -2.27. The van der Waals surface area contributed by atoms with Gasteiger partial charge in [0.25, 0.3) is 5.91 Å². The Balaban J connectivity index is 2.09. The first-order chi connectivity index (χ1) is 12.3. The van der Waals surface area contributed by atoms with Gasteiger partial charge in [-0.1, -0.05) is 18.2 Å². The van der Waals surface area contributed by atoms with E-state index in [1.807, 2.05) is 22.6 Å². The van der Waals surface area contributed by atoms with Gasteiger partial charge in [-0.05, 0) is 52.8 Å². The molecular weight excluding hydrogens is 462 g/mol. The number of hydrogen-bond donors (Lipinski definition) is 1. The van der Waals surface area contributed by atoms with E-state index in [1.54, 1.807) is 18.2 Å². The summed E-state index contributed by atoms with van der Waals surface area (Å²) in [5, 5.41) is 2.65. The number of hydrogen-bond acceptors (Lipinski definition) is 3. The van der Waals surface area contributed by atoms with Crippen molar-refractivity contribution in [3.05, 3.63) is 56.7 Å². The van der Waals surface area contributed by atoms with E-state index in [2.05, 4.69) is 5.32 Å². The number of carbonyl (C=O) groups is 1. The van der Waals surface area contributed by atoms with Crippen molar-refractivity contribution in [1.29, 1.82) is 0 Å². The van der Waals surface area contributed by atoms with Gasteiger partial charge in [-0.2, -0.15) is 13.2 Å². The molecule has 0 aliphatic heterocycles. The van der Waals surface area contributed by atoms with E-state index >= 15 is 0 Å². The molecule has 0 aliphatic rings. The van der Waals surface area contributed by atoms with Gasteiger partial charge in [-0.3, -0.25) is 4.79 Å². The van der Waals surface area contributed by atoms with Gasteiger partial charge in [0.1, 0.15) is 0 Å². The second-order valence-corrected chi connectivity index (χ2v) is 6.51. The monoisotopic (exact) mass is 479 g/mol. The van der Waals surface area contributed by atoms with E-state index in [0.717, 1.165) is 6.07 Å². The highest BCUT2D eigenvalue weighted by atomic mass is 127. The molecule has 0 saturated carbocycles. The molecule has 4 nitrogen and oxygen atoms in total. The molecule has 140 valence electrons. The first kappa shape index (κ1) is 20.3. The molecule has 0 unspecified atom stereocenters. The quantitative estimate of drug-likeness (QED) is 0.629. The second-order valence-electron chi connectivity index (χ2n) is 5.35. The lowest BCUT2D eigenvalue weighted by atomic mass is 10.0. The van der Waals surface area contributed by atoms with Gasteiger partial charge in [-0.15, -0.1) is 0 Å². The number of amides is 1. The number of halogens is 4. The lowest BCUT2D eigenvalue weighted by Gasteiger charge is -2.14. The van der Waals surface area contributed by atoms with Crippen molar-refractivity contribution < 1.29 is 27.4 Å². The highest BCUT2D eigenvalue weighted by Crippen LogP contribution is 2.32. The molecule has 1 amide bonds. The predicted molar refractivity (Wildman–Crippen MR) is 99.7 cm³/mol. The Bertz CT molecular complexity index is 794. The predicted octanol–water partition coefficient (Wildman–Crippen LogP) is 4.30. The number of carbonyl (C=O) groups excluding carboxylic acids is 1. The third-order valence-corrected chi connectivity index (χ3v) is 4.61. The standard InChI is InChI=1S/C18H17F3INO3/c1-25-15-9-12(14(22)10-16(15)26-2)17(24)23-8-7-11-5-3-4-6-13(11)18(19,20)21/h3-6,9-10H,7-8H2,1-2H3,(H,23,24). The van der Waals surface area contributed by atoms with E-state index in [0.29, 0.717) is 20.6 Å². The molecule has 26 heavy (non-hydrogen) atoms. The number of benzene rings is 2. The van der Waals surface area contributed by atoms with Gasteiger partial charge in [0, 0.05) is 10.1 Å². The maximum absolute atomic E-state index is 13.0. The van der Waals surface area contributed by atoms with Crippen LogP contribution in [0.1, 0.15) is 21.5 Å². The number of methoxy groups -OCH3 is 2. The van der Waals surface area contributed by atoms with Crippen LogP contribution in [0.4, 0.5) is 13.2 Å². The van der Waals surface area contributed by atoms with Crippen LogP contribution in [0, 0.1) is 3.57 Å². The van der Waals surface area contributed by atoms with Crippen LogP contribution in [-0.2, 0) is 12.6 Å². The molecule has 1 N–H and O–H groups in total. The molecule has 0 aromatic heterocycles. The summed E-state index contributed by atoms with van der Waals surface area (Å²) in [5.74, 6) is 0.507. The summed E-state index contributed by atoms with van der Waals surface area (Å²) in [6.45, 7) is 0.0797. The Morgan fingerprint density at radius 2 is 1.73 bits per heavy atom. The minimum atomic E-state index is -4.42. The van der Waals surface area contributed by atoms with Gasteiger partial charge in [-0.25, -0.2) is 0 Å². The fourth-order valence-corrected chi connectivity index (χ4v) is 3.13. The zero-order valence-corrected chi connectivity index (χ0v) is 16.3. The lowest BCUT2D eigenvalue weighted by molar-refractivity contribution is -0.138. The molecule has 8 heteroatoms. The van der Waals surface area contributed by atoms with Crippen LogP contribution < -0.4 is 14.8 Å². The van der Waals surface area contributed by atoms with Crippen molar-refractivity contribution in [1.82, 2.24) is 5.32 Å².